The van der Waals surface area contributed by atoms with Crippen LogP contribution in [0.25, 0.3) is 0 Å². The van der Waals surface area contributed by atoms with E-state index in [0.29, 0.717) is 17.4 Å². The van der Waals surface area contributed by atoms with Gasteiger partial charge in [0.2, 0.25) is 0 Å². The molecule has 0 spiro atoms. The van der Waals surface area contributed by atoms with Crippen molar-refractivity contribution in [1.29, 1.82) is 0 Å². The van der Waals surface area contributed by atoms with Crippen molar-refractivity contribution in [2.24, 2.45) is 5.92 Å². The Morgan fingerprint density at radius 3 is 2.39 bits per heavy atom. The number of halogens is 6. The first-order chi connectivity index (χ1) is 12.7. The lowest BCUT2D eigenvalue weighted by Crippen LogP contribution is -2.27. The normalized spacial score (nSPS) is 13.4. The minimum atomic E-state index is -4.68. The van der Waals surface area contributed by atoms with Crippen LogP contribution in [0.3, 0.4) is 0 Å². The van der Waals surface area contributed by atoms with E-state index in [2.05, 4.69) is 5.32 Å². The molecule has 2 aromatic rings. The number of carbonyl (C=O) groups excluding carboxylic acids is 1. The van der Waals surface area contributed by atoms with Crippen LogP contribution in [0.4, 0.5) is 27.6 Å². The Morgan fingerprint density at radius 2 is 1.86 bits per heavy atom. The molecule has 0 saturated carbocycles. The van der Waals surface area contributed by atoms with Crippen LogP contribution in [0, 0.1) is 24.5 Å². The summed E-state index contributed by atoms with van der Waals surface area (Å²) in [4.78, 5) is 12.6. The molecule has 0 aliphatic rings. The van der Waals surface area contributed by atoms with Gasteiger partial charge in [0.25, 0.3) is 5.91 Å². The van der Waals surface area contributed by atoms with Crippen LogP contribution in [0.2, 0.25) is 5.02 Å². The van der Waals surface area contributed by atoms with Gasteiger partial charge in [-0.2, -0.15) is 13.2 Å². The van der Waals surface area contributed by atoms with Crippen molar-refractivity contribution >= 4 is 44.4 Å². The molecule has 0 aliphatic carbocycles. The fraction of sp³-hybridized carbons (Fsp3) is 0.312. The number of amides is 1. The zero-order valence-corrected chi connectivity index (χ0v) is 16.7. The van der Waals surface area contributed by atoms with Gasteiger partial charge in [-0.1, -0.05) is 18.5 Å². The average molecular weight is 462 g/mol. The molecule has 1 heterocycles. The minimum Gasteiger partial charge on any atom is -0.322 e. The topological polar surface area (TPSA) is 63.2 Å². The van der Waals surface area contributed by atoms with Gasteiger partial charge < -0.3 is 5.32 Å². The Bertz CT molecular complexity index is 995. The Hall–Kier alpha value is -1.72. The van der Waals surface area contributed by atoms with Gasteiger partial charge in [-0.3, -0.25) is 4.79 Å². The predicted molar refractivity (Wildman–Crippen MR) is 95.6 cm³/mol. The van der Waals surface area contributed by atoms with Crippen LogP contribution in [0.1, 0.15) is 22.2 Å². The standard InChI is InChI=1S/C16H13ClF5NO3S2/c1-7(16(20,21)22)6-28(25,26)13-5-10(8(2)27-13)15(24)23-9-3-11(17)14(19)12(18)4-9/h3-5,7H,6H2,1-2H3,(H,23,24)/t7-/m1/s1. The summed E-state index contributed by atoms with van der Waals surface area (Å²) in [7, 11) is -4.28. The van der Waals surface area contributed by atoms with E-state index in [1.54, 1.807) is 0 Å². The lowest BCUT2D eigenvalue weighted by Gasteiger charge is -2.14. The maximum atomic E-state index is 13.4. The van der Waals surface area contributed by atoms with Crippen molar-refractivity contribution in [1.82, 2.24) is 0 Å². The molecular formula is C16H13ClF5NO3S2. The summed E-state index contributed by atoms with van der Waals surface area (Å²) in [5.41, 5.74) is -0.293. The highest BCUT2D eigenvalue weighted by atomic mass is 35.5. The van der Waals surface area contributed by atoms with Gasteiger partial charge in [-0.05, 0) is 19.1 Å². The summed E-state index contributed by atoms with van der Waals surface area (Å²) in [5.74, 6) is -6.67. The van der Waals surface area contributed by atoms with Crippen LogP contribution in [0.5, 0.6) is 0 Å². The number of nitrogens with one attached hydrogen (secondary N) is 1. The van der Waals surface area contributed by atoms with Gasteiger partial charge in [0.05, 0.1) is 22.3 Å². The second-order valence-electron chi connectivity index (χ2n) is 5.97. The van der Waals surface area contributed by atoms with E-state index < -0.39 is 54.5 Å². The van der Waals surface area contributed by atoms with E-state index in [0.717, 1.165) is 19.1 Å². The number of benzene rings is 1. The van der Waals surface area contributed by atoms with E-state index in [9.17, 15) is 35.2 Å². The van der Waals surface area contributed by atoms with Crippen molar-refractivity contribution in [3.05, 3.63) is 45.3 Å². The number of alkyl halides is 3. The Balaban J connectivity index is 2.27. The summed E-state index contributed by atoms with van der Waals surface area (Å²) >= 11 is 6.14. The van der Waals surface area contributed by atoms with Crippen molar-refractivity contribution in [2.45, 2.75) is 24.2 Å². The number of aryl methyl sites for hydroxylation is 1. The van der Waals surface area contributed by atoms with Gasteiger partial charge in [0.1, 0.15) is 4.21 Å². The highest BCUT2D eigenvalue weighted by Crippen LogP contribution is 2.32. The van der Waals surface area contributed by atoms with Gasteiger partial charge in [0, 0.05) is 16.6 Å². The number of thiophene rings is 1. The molecule has 12 heteroatoms. The first-order valence-electron chi connectivity index (χ1n) is 7.58. The Labute approximate surface area is 166 Å². The van der Waals surface area contributed by atoms with Crippen molar-refractivity contribution in [3.8, 4) is 0 Å². The van der Waals surface area contributed by atoms with Gasteiger partial charge in [0.15, 0.2) is 21.5 Å². The number of hydrogen-bond donors (Lipinski definition) is 1. The number of hydrogen-bond acceptors (Lipinski definition) is 4. The molecule has 1 aromatic heterocycles. The van der Waals surface area contributed by atoms with E-state index in [1.807, 2.05) is 0 Å². The molecule has 0 saturated heterocycles. The first-order valence-corrected chi connectivity index (χ1v) is 10.4. The van der Waals surface area contributed by atoms with E-state index in [1.165, 1.54) is 6.92 Å². The Kier molecular flexibility index (Phi) is 6.41. The van der Waals surface area contributed by atoms with E-state index in [4.69, 9.17) is 11.6 Å². The summed E-state index contributed by atoms with van der Waals surface area (Å²) in [6.07, 6.45) is -4.68. The smallest absolute Gasteiger partial charge is 0.322 e. The number of sulfone groups is 1. The molecule has 0 fully saturated rings. The Morgan fingerprint density at radius 1 is 1.25 bits per heavy atom. The van der Waals surface area contributed by atoms with Crippen molar-refractivity contribution < 1.29 is 35.2 Å². The SMILES string of the molecule is Cc1sc(S(=O)(=O)C[C@@H](C)C(F)(F)F)cc1C(=O)Nc1cc(F)c(F)c(Cl)c1. The fourth-order valence-corrected chi connectivity index (χ4v) is 5.51. The van der Waals surface area contributed by atoms with Crippen LogP contribution < -0.4 is 5.32 Å². The maximum Gasteiger partial charge on any atom is 0.392 e. The fourth-order valence-electron chi connectivity index (χ4n) is 2.17. The third-order valence-corrected chi connectivity index (χ3v) is 7.52. The molecule has 2 rings (SSSR count). The molecule has 4 nitrogen and oxygen atoms in total. The number of rotatable bonds is 5. The molecule has 1 atom stereocenters. The molecule has 1 amide bonds. The third kappa shape index (κ3) is 5.00. The van der Waals surface area contributed by atoms with Crippen LogP contribution in [-0.2, 0) is 9.84 Å². The molecule has 1 aromatic carbocycles. The van der Waals surface area contributed by atoms with Gasteiger partial charge in [-0.15, -0.1) is 11.3 Å². The third-order valence-electron chi connectivity index (χ3n) is 3.72. The van der Waals surface area contributed by atoms with Crippen molar-refractivity contribution in [3.63, 3.8) is 0 Å². The molecule has 0 radical (unpaired) electrons. The molecule has 1 N–H and O–H groups in total. The zero-order valence-electron chi connectivity index (χ0n) is 14.3. The van der Waals surface area contributed by atoms with Gasteiger partial charge in [-0.25, -0.2) is 17.2 Å². The summed E-state index contributed by atoms with van der Waals surface area (Å²) in [6, 6.07) is 2.60. The maximum absolute atomic E-state index is 13.4. The lowest BCUT2D eigenvalue weighted by molar-refractivity contribution is -0.163. The largest absolute Gasteiger partial charge is 0.392 e. The second kappa shape index (κ2) is 7.96. The molecule has 154 valence electrons. The van der Waals surface area contributed by atoms with Crippen LogP contribution in [0.15, 0.2) is 22.4 Å². The number of carbonyl (C=O) groups is 1. The van der Waals surface area contributed by atoms with Crippen LogP contribution in [-0.4, -0.2) is 26.3 Å². The lowest BCUT2D eigenvalue weighted by atomic mass is 10.2. The molecular weight excluding hydrogens is 449 g/mol. The monoisotopic (exact) mass is 461 g/mol. The summed E-state index contributed by atoms with van der Waals surface area (Å²) in [5, 5.41) is 1.67. The van der Waals surface area contributed by atoms with Gasteiger partial charge >= 0.3 is 6.18 Å². The molecule has 0 bridgehead atoms. The van der Waals surface area contributed by atoms with E-state index in [-0.39, 0.29) is 16.1 Å². The quantitative estimate of drug-likeness (QED) is 0.491. The van der Waals surface area contributed by atoms with E-state index >= 15 is 0 Å². The number of anilines is 1. The minimum absolute atomic E-state index is 0.121. The average Bonchev–Trinajstić information content (AvgIpc) is 2.94. The molecule has 28 heavy (non-hydrogen) atoms. The van der Waals surface area contributed by atoms with Crippen LogP contribution >= 0.6 is 22.9 Å². The first kappa shape index (κ1) is 22.6. The molecule has 0 aliphatic heterocycles. The second-order valence-corrected chi connectivity index (χ2v) is 9.89. The van der Waals surface area contributed by atoms with Crippen molar-refractivity contribution in [2.75, 3.05) is 11.1 Å². The molecule has 0 unspecified atom stereocenters. The summed E-state index contributed by atoms with van der Waals surface area (Å²) in [6.45, 7) is 2.16. The highest BCUT2D eigenvalue weighted by molar-refractivity contribution is 7.93. The highest BCUT2D eigenvalue weighted by Gasteiger charge is 2.39. The zero-order chi connectivity index (χ0) is 21.4. The summed E-state index contributed by atoms with van der Waals surface area (Å²) < 4.78 is 88.6. The predicted octanol–water partition coefficient (Wildman–Crippen LogP) is 5.21.